The van der Waals surface area contributed by atoms with Crippen LogP contribution in [0.1, 0.15) is 61.1 Å². The molecule has 1 aliphatic carbocycles. The van der Waals surface area contributed by atoms with Gasteiger partial charge in [0.25, 0.3) is 0 Å². The van der Waals surface area contributed by atoms with Crippen molar-refractivity contribution in [2.24, 2.45) is 0 Å². The lowest BCUT2D eigenvalue weighted by molar-refractivity contribution is -0.147. The molecule has 9 nitrogen and oxygen atoms in total. The molecule has 1 aliphatic rings. The van der Waals surface area contributed by atoms with Crippen molar-refractivity contribution in [3.8, 4) is 5.75 Å². The van der Waals surface area contributed by atoms with E-state index in [-0.39, 0.29) is 16.8 Å². The summed E-state index contributed by atoms with van der Waals surface area (Å²) in [5.41, 5.74) is 6.33. The highest BCUT2D eigenvalue weighted by atomic mass is 16.4. The van der Waals surface area contributed by atoms with Crippen LogP contribution in [0.15, 0.2) is 41.2 Å². The lowest BCUT2D eigenvalue weighted by Gasteiger charge is -2.27. The van der Waals surface area contributed by atoms with E-state index in [9.17, 15) is 24.6 Å². The topological polar surface area (TPSA) is 160 Å². The van der Waals surface area contributed by atoms with E-state index in [1.54, 1.807) is 12.1 Å². The summed E-state index contributed by atoms with van der Waals surface area (Å²) >= 11 is 0. The number of nitrogens with one attached hydrogen (secondary N) is 2. The number of aliphatic carboxylic acids is 2. The van der Waals surface area contributed by atoms with Gasteiger partial charge in [0, 0.05) is 23.5 Å². The van der Waals surface area contributed by atoms with Gasteiger partial charge in [-0.25, -0.2) is 0 Å². The summed E-state index contributed by atoms with van der Waals surface area (Å²) in [5.74, 6) is -2.62. The van der Waals surface area contributed by atoms with Gasteiger partial charge in [0.1, 0.15) is 12.2 Å². The van der Waals surface area contributed by atoms with Crippen LogP contribution in [0.5, 0.6) is 5.75 Å². The Morgan fingerprint density at radius 1 is 1.00 bits per heavy atom. The van der Waals surface area contributed by atoms with E-state index >= 15 is 0 Å². The third-order valence-electron chi connectivity index (χ3n) is 6.74. The number of carboxylic acids is 2. The number of rotatable bonds is 8. The number of β-amino-alcohol motifs (C(OH)–C–C–N with tert-alkyl or cyclic N) is 1. The fraction of sp³-hybridized carbons (Fsp3) is 0.393. The monoisotopic (exact) mass is 510 g/mol. The van der Waals surface area contributed by atoms with E-state index in [1.165, 1.54) is 34.4 Å². The lowest BCUT2D eigenvalue weighted by atomic mass is 9.97. The maximum absolute atomic E-state index is 11.6. The van der Waals surface area contributed by atoms with E-state index in [0.29, 0.717) is 23.0 Å². The molecular formula is C28H34N2O7. The van der Waals surface area contributed by atoms with Crippen LogP contribution in [0.25, 0.3) is 10.9 Å². The van der Waals surface area contributed by atoms with Gasteiger partial charge in [-0.15, -0.1) is 0 Å². The number of hydrogen-bond donors (Lipinski definition) is 6. The predicted octanol–water partition coefficient (Wildman–Crippen LogP) is 3.08. The minimum Gasteiger partial charge on any atom is -0.506 e. The molecule has 0 saturated heterocycles. The van der Waals surface area contributed by atoms with Gasteiger partial charge in [0.2, 0.25) is 5.56 Å². The van der Waals surface area contributed by atoms with E-state index < -0.39 is 24.5 Å². The van der Waals surface area contributed by atoms with Gasteiger partial charge in [-0.2, -0.15) is 0 Å². The Morgan fingerprint density at radius 3 is 2.05 bits per heavy atom. The van der Waals surface area contributed by atoms with Crippen LogP contribution in [-0.4, -0.2) is 49.4 Å². The molecule has 1 aromatic heterocycles. The molecule has 198 valence electrons. The summed E-state index contributed by atoms with van der Waals surface area (Å²) in [6.45, 7) is 7.02. The summed E-state index contributed by atoms with van der Waals surface area (Å²) in [4.78, 5) is 33.1. The number of aryl methyl sites for hydroxylation is 2. The molecule has 0 saturated carbocycles. The Kier molecular flexibility index (Phi) is 8.73. The largest absolute Gasteiger partial charge is 0.506 e. The SMILES string of the molecule is CCc1cc2c(cc1CC)CC(C)(NC[C@H](O)c1ccc(O)c3[nH]c(=O)ccc13)C2.O=C(O)CC(=O)O. The fourth-order valence-corrected chi connectivity index (χ4v) is 4.94. The van der Waals surface area contributed by atoms with E-state index in [4.69, 9.17) is 10.2 Å². The Hall–Kier alpha value is -3.69. The molecule has 1 atom stereocenters. The Balaban J connectivity index is 0.000000479. The second-order valence-corrected chi connectivity index (χ2v) is 9.66. The molecule has 0 fully saturated rings. The first-order valence-electron chi connectivity index (χ1n) is 12.3. The number of carboxylic acid groups (broad SMARTS) is 2. The number of aliphatic hydroxyl groups is 1. The first kappa shape index (κ1) is 27.9. The summed E-state index contributed by atoms with van der Waals surface area (Å²) in [6, 6.07) is 11.0. The molecule has 0 spiro atoms. The predicted molar refractivity (Wildman–Crippen MR) is 140 cm³/mol. The van der Waals surface area contributed by atoms with Crippen LogP contribution in [0.3, 0.4) is 0 Å². The highest BCUT2D eigenvalue weighted by Gasteiger charge is 2.33. The highest BCUT2D eigenvalue weighted by Crippen LogP contribution is 2.34. The smallest absolute Gasteiger partial charge is 0.314 e. The van der Waals surface area contributed by atoms with Crippen molar-refractivity contribution in [3.63, 3.8) is 0 Å². The zero-order valence-corrected chi connectivity index (χ0v) is 21.3. The number of carbonyl (C=O) groups is 2. The molecule has 1 heterocycles. The Labute approximate surface area is 214 Å². The maximum Gasteiger partial charge on any atom is 0.314 e. The van der Waals surface area contributed by atoms with Crippen molar-refractivity contribution in [1.82, 2.24) is 10.3 Å². The second-order valence-electron chi connectivity index (χ2n) is 9.66. The van der Waals surface area contributed by atoms with Gasteiger partial charge >= 0.3 is 11.9 Å². The molecule has 4 rings (SSSR count). The highest BCUT2D eigenvalue weighted by molar-refractivity contribution is 5.89. The molecule has 0 amide bonds. The first-order chi connectivity index (χ1) is 17.5. The van der Waals surface area contributed by atoms with Crippen molar-refractivity contribution in [1.29, 1.82) is 0 Å². The van der Waals surface area contributed by atoms with Gasteiger partial charge in [0.05, 0.1) is 11.6 Å². The summed E-state index contributed by atoms with van der Waals surface area (Å²) in [5, 5.41) is 40.6. The van der Waals surface area contributed by atoms with Crippen molar-refractivity contribution in [3.05, 3.63) is 74.6 Å². The van der Waals surface area contributed by atoms with Crippen LogP contribution in [0.2, 0.25) is 0 Å². The number of phenolic OH excluding ortho intramolecular Hbond substituents is 1. The third kappa shape index (κ3) is 6.75. The number of aromatic hydroxyl groups is 1. The van der Waals surface area contributed by atoms with Gasteiger partial charge in [0.15, 0.2) is 0 Å². The van der Waals surface area contributed by atoms with Crippen LogP contribution in [0, 0.1) is 0 Å². The maximum atomic E-state index is 11.6. The van der Waals surface area contributed by atoms with Crippen molar-refractivity contribution < 1.29 is 30.0 Å². The van der Waals surface area contributed by atoms with Crippen molar-refractivity contribution in [2.45, 2.75) is 64.5 Å². The summed E-state index contributed by atoms with van der Waals surface area (Å²) in [7, 11) is 0. The lowest BCUT2D eigenvalue weighted by Crippen LogP contribution is -2.45. The molecule has 9 heteroatoms. The molecular weight excluding hydrogens is 476 g/mol. The van der Waals surface area contributed by atoms with E-state index in [0.717, 1.165) is 25.7 Å². The van der Waals surface area contributed by atoms with Crippen molar-refractivity contribution in [2.75, 3.05) is 6.54 Å². The molecule has 0 aliphatic heterocycles. The fourth-order valence-electron chi connectivity index (χ4n) is 4.94. The molecule has 6 N–H and O–H groups in total. The average Bonchev–Trinajstić information content (AvgIpc) is 3.17. The number of fused-ring (bicyclic) bond motifs is 2. The molecule has 3 aromatic rings. The van der Waals surface area contributed by atoms with Crippen LogP contribution in [0.4, 0.5) is 0 Å². The number of H-pyrrole nitrogens is 1. The second kappa shape index (κ2) is 11.6. The van der Waals surface area contributed by atoms with Gasteiger partial charge in [-0.05, 0) is 72.6 Å². The zero-order chi connectivity index (χ0) is 27.3. The molecule has 0 radical (unpaired) electrons. The van der Waals surface area contributed by atoms with Crippen LogP contribution < -0.4 is 10.9 Å². The van der Waals surface area contributed by atoms with E-state index in [1.807, 2.05) is 0 Å². The zero-order valence-electron chi connectivity index (χ0n) is 21.3. The number of aliphatic hydroxyl groups excluding tert-OH is 1. The van der Waals surface area contributed by atoms with Crippen LogP contribution in [-0.2, 0) is 35.3 Å². The summed E-state index contributed by atoms with van der Waals surface area (Å²) in [6.07, 6.45) is 2.42. The Bertz CT molecular complexity index is 1320. The van der Waals surface area contributed by atoms with Gasteiger partial charge < -0.3 is 30.7 Å². The first-order valence-corrected chi connectivity index (χ1v) is 12.3. The van der Waals surface area contributed by atoms with E-state index in [2.05, 4.69) is 43.2 Å². The number of aromatic amines is 1. The van der Waals surface area contributed by atoms with Gasteiger partial charge in [-0.1, -0.05) is 32.0 Å². The minimum atomic E-state index is -1.31. The third-order valence-corrected chi connectivity index (χ3v) is 6.74. The summed E-state index contributed by atoms with van der Waals surface area (Å²) < 4.78 is 0. The van der Waals surface area contributed by atoms with Crippen molar-refractivity contribution >= 4 is 22.8 Å². The quantitative estimate of drug-likeness (QED) is 0.252. The normalized spacial score (nSPS) is 14.5. The standard InChI is InChI=1S/C25H30N2O3.C3H4O4/c1-4-15-10-17-12-25(3,13-18(17)11-16(15)5-2)26-14-22(29)19-6-8-21(28)24-20(19)7-9-23(30)27-24;4-2(5)1-3(6)7/h6-11,22,26,28-29H,4-5,12-14H2,1-3H3,(H,27,30);1H2,(H,4,5)(H,6,7)/t22-;/m0./s1. The average molecular weight is 511 g/mol. The molecule has 0 unspecified atom stereocenters. The molecule has 0 bridgehead atoms. The molecule has 2 aromatic carbocycles. The van der Waals surface area contributed by atoms with Crippen LogP contribution >= 0.6 is 0 Å². The minimum absolute atomic E-state index is 0.00303. The van der Waals surface area contributed by atoms with Gasteiger partial charge in [-0.3, -0.25) is 14.4 Å². The Morgan fingerprint density at radius 2 is 1.57 bits per heavy atom. The number of phenols is 1. The number of hydrogen-bond acceptors (Lipinski definition) is 6. The number of pyridine rings is 1. The number of benzene rings is 2. The number of aromatic nitrogens is 1. The molecule has 37 heavy (non-hydrogen) atoms.